The van der Waals surface area contributed by atoms with Crippen LogP contribution in [0.2, 0.25) is 0 Å². The Kier molecular flexibility index (Phi) is 15.1. The Labute approximate surface area is 260 Å². The van der Waals surface area contributed by atoms with Gasteiger partial charge in [0.05, 0.1) is 25.0 Å². The molecule has 0 bridgehead atoms. The smallest absolute Gasteiger partial charge is 0.434 e. The molecule has 242 valence electrons. The minimum absolute atomic E-state index is 0. The van der Waals surface area contributed by atoms with Gasteiger partial charge >= 0.3 is 24.2 Å². The van der Waals surface area contributed by atoms with Gasteiger partial charge in [0, 0.05) is 1.43 Å². The molecule has 1 fully saturated rings. The van der Waals surface area contributed by atoms with E-state index < -0.39 is 12.3 Å². The molecule has 44 heavy (non-hydrogen) atoms. The summed E-state index contributed by atoms with van der Waals surface area (Å²) in [4.78, 5) is 49.0. The van der Waals surface area contributed by atoms with Gasteiger partial charge in [-0.25, -0.2) is 9.59 Å². The van der Waals surface area contributed by atoms with Crippen molar-refractivity contribution in [2.75, 3.05) is 13.2 Å². The summed E-state index contributed by atoms with van der Waals surface area (Å²) in [5.74, 6) is -0.144. The van der Waals surface area contributed by atoms with E-state index in [4.69, 9.17) is 28.4 Å². The van der Waals surface area contributed by atoms with Crippen molar-refractivity contribution in [3.05, 3.63) is 48.5 Å². The summed E-state index contributed by atoms with van der Waals surface area (Å²) in [6.45, 7) is 4.85. The van der Waals surface area contributed by atoms with Crippen molar-refractivity contribution in [2.45, 2.75) is 90.9 Å². The highest BCUT2D eigenvalue weighted by Crippen LogP contribution is 2.32. The van der Waals surface area contributed by atoms with Crippen LogP contribution in [0.4, 0.5) is 9.59 Å². The molecule has 0 N–H and O–H groups in total. The lowest BCUT2D eigenvalue weighted by molar-refractivity contribution is -0.145. The van der Waals surface area contributed by atoms with Crippen molar-refractivity contribution >= 4 is 24.2 Å². The lowest BCUT2D eigenvalue weighted by Gasteiger charge is -2.25. The normalized spacial score (nSPS) is 16.0. The number of benzene rings is 2. The van der Waals surface area contributed by atoms with Gasteiger partial charge in [0.15, 0.2) is 0 Å². The van der Waals surface area contributed by atoms with Crippen LogP contribution in [-0.4, -0.2) is 37.5 Å². The second-order valence-electron chi connectivity index (χ2n) is 10.9. The van der Waals surface area contributed by atoms with Gasteiger partial charge in [-0.2, -0.15) is 0 Å². The zero-order valence-corrected chi connectivity index (χ0v) is 25.8. The van der Waals surface area contributed by atoms with E-state index in [1.54, 1.807) is 24.3 Å². The maximum absolute atomic E-state index is 12.7. The lowest BCUT2D eigenvalue weighted by atomic mass is 9.82. The molecule has 3 rings (SSSR count). The molecule has 0 amide bonds. The molecular weight excluding hydrogens is 568 g/mol. The lowest BCUT2D eigenvalue weighted by Crippen LogP contribution is -2.30. The Bertz CT molecular complexity index is 1080. The molecule has 0 aromatic heterocycles. The molecule has 0 spiro atoms. The van der Waals surface area contributed by atoms with Crippen molar-refractivity contribution in [3.8, 4) is 23.0 Å². The first-order valence-corrected chi connectivity index (χ1v) is 15.7. The number of esters is 2. The molecule has 2 aromatic carbocycles. The quantitative estimate of drug-likeness (QED) is 0.0787. The van der Waals surface area contributed by atoms with E-state index in [1.165, 1.54) is 24.3 Å². The van der Waals surface area contributed by atoms with E-state index in [0.717, 1.165) is 51.4 Å². The molecule has 0 heterocycles. The molecule has 1 aliphatic carbocycles. The number of unbranched alkanes of at least 4 members (excludes halogenated alkanes) is 6. The number of rotatable bonds is 16. The fraction of sp³-hybridized carbons (Fsp3) is 0.529. The van der Waals surface area contributed by atoms with E-state index in [1.807, 2.05) is 0 Å². The third kappa shape index (κ3) is 12.7. The molecule has 10 nitrogen and oxygen atoms in total. The highest BCUT2D eigenvalue weighted by atomic mass is 16.7. The van der Waals surface area contributed by atoms with Crippen LogP contribution in [0.1, 0.15) is 92.3 Å². The van der Waals surface area contributed by atoms with E-state index >= 15 is 0 Å². The summed E-state index contributed by atoms with van der Waals surface area (Å²) < 4.78 is 31.4. The zero-order chi connectivity index (χ0) is 31.6. The molecule has 2 aromatic rings. The van der Waals surface area contributed by atoms with Crippen LogP contribution in [0.15, 0.2) is 48.5 Å². The largest absolute Gasteiger partial charge is 0.513 e. The van der Waals surface area contributed by atoms with Crippen LogP contribution in [-0.2, 0) is 19.1 Å². The molecular formula is C34H46O10. The van der Waals surface area contributed by atoms with Crippen molar-refractivity contribution in [1.82, 2.24) is 0 Å². The Hall–Kier alpha value is -4.08. The predicted molar refractivity (Wildman–Crippen MR) is 164 cm³/mol. The summed E-state index contributed by atoms with van der Waals surface area (Å²) >= 11 is 0. The molecule has 10 heteroatoms. The Morgan fingerprint density at radius 1 is 0.523 bits per heavy atom. The summed E-state index contributed by atoms with van der Waals surface area (Å²) in [5, 5.41) is 0. The Balaban J connectivity index is 0.00000705. The third-order valence-electron chi connectivity index (χ3n) is 7.32. The van der Waals surface area contributed by atoms with Crippen molar-refractivity contribution in [2.24, 2.45) is 11.8 Å². The van der Waals surface area contributed by atoms with Gasteiger partial charge in [-0.15, -0.1) is 0 Å². The topological polar surface area (TPSA) is 124 Å². The van der Waals surface area contributed by atoms with Crippen molar-refractivity contribution < 1.29 is 49.0 Å². The van der Waals surface area contributed by atoms with E-state index in [0.29, 0.717) is 61.9 Å². The van der Waals surface area contributed by atoms with Gasteiger partial charge in [0.2, 0.25) is 0 Å². The van der Waals surface area contributed by atoms with E-state index in [9.17, 15) is 19.2 Å². The van der Waals surface area contributed by atoms with Crippen LogP contribution in [0.5, 0.6) is 23.0 Å². The standard InChI is InChI=1S/C34H44O10.H2/c1-3-5-7-9-23-39-33(37)43-29-19-15-27(16-20-29)41-31(35)25-11-13-26(14-12-25)32(36)42-28-17-21-30(22-18-28)44-34(38)40-24-10-8-6-4-2;/h15-22,25-26H,3-14,23-24H2,1-2H3;1H. The summed E-state index contributed by atoms with van der Waals surface area (Å²) in [7, 11) is 0. The first-order valence-electron chi connectivity index (χ1n) is 15.7. The number of hydrogen-bond acceptors (Lipinski definition) is 10. The summed E-state index contributed by atoms with van der Waals surface area (Å²) in [5.41, 5.74) is 0. The molecule has 1 saturated carbocycles. The third-order valence-corrected chi connectivity index (χ3v) is 7.32. The zero-order valence-electron chi connectivity index (χ0n) is 25.8. The monoisotopic (exact) mass is 614 g/mol. The molecule has 0 radical (unpaired) electrons. The maximum Gasteiger partial charge on any atom is 0.513 e. The Morgan fingerprint density at radius 3 is 1.16 bits per heavy atom. The minimum Gasteiger partial charge on any atom is -0.434 e. The number of carbonyl (C=O) groups is 4. The second-order valence-corrected chi connectivity index (χ2v) is 10.9. The van der Waals surface area contributed by atoms with Gasteiger partial charge in [0.25, 0.3) is 0 Å². The van der Waals surface area contributed by atoms with Gasteiger partial charge in [0.1, 0.15) is 23.0 Å². The molecule has 0 saturated heterocycles. The average molecular weight is 615 g/mol. The summed E-state index contributed by atoms with van der Waals surface area (Å²) in [6, 6.07) is 12.4. The fourth-order valence-corrected chi connectivity index (χ4v) is 4.74. The van der Waals surface area contributed by atoms with Crippen molar-refractivity contribution in [3.63, 3.8) is 0 Å². The molecule has 1 aliphatic rings. The SMILES string of the molecule is CCCCCCOC(=O)Oc1ccc(OC(=O)C2CCC(C(=O)Oc3ccc(OC(=O)OCCCCCC)cc3)CC2)cc1.[HH]. The van der Waals surface area contributed by atoms with E-state index in [-0.39, 0.29) is 25.2 Å². The second kappa shape index (κ2) is 19.2. The van der Waals surface area contributed by atoms with Gasteiger partial charge in [-0.05, 0) is 87.1 Å². The van der Waals surface area contributed by atoms with Crippen LogP contribution in [0.3, 0.4) is 0 Å². The molecule has 0 atom stereocenters. The van der Waals surface area contributed by atoms with Crippen LogP contribution in [0, 0.1) is 11.8 Å². The summed E-state index contributed by atoms with van der Waals surface area (Å²) in [6.07, 6.45) is 8.45. The average Bonchev–Trinajstić information content (AvgIpc) is 3.03. The van der Waals surface area contributed by atoms with Crippen LogP contribution in [0.25, 0.3) is 0 Å². The number of carbonyl (C=O) groups excluding carboxylic acids is 4. The van der Waals surface area contributed by atoms with Gasteiger partial charge in [-0.3, -0.25) is 9.59 Å². The highest BCUT2D eigenvalue weighted by Gasteiger charge is 2.32. The predicted octanol–water partition coefficient (Wildman–Crippen LogP) is 8.44. The van der Waals surface area contributed by atoms with Gasteiger partial charge in [-0.1, -0.05) is 52.4 Å². The van der Waals surface area contributed by atoms with E-state index in [2.05, 4.69) is 13.8 Å². The fourth-order valence-electron chi connectivity index (χ4n) is 4.74. The number of hydrogen-bond donors (Lipinski definition) is 0. The Morgan fingerprint density at radius 2 is 0.841 bits per heavy atom. The van der Waals surface area contributed by atoms with Crippen molar-refractivity contribution in [1.29, 1.82) is 0 Å². The van der Waals surface area contributed by atoms with Crippen LogP contribution < -0.4 is 18.9 Å². The first-order chi connectivity index (χ1) is 21.4. The maximum atomic E-state index is 12.7. The van der Waals surface area contributed by atoms with Crippen LogP contribution >= 0.6 is 0 Å². The highest BCUT2D eigenvalue weighted by molar-refractivity contribution is 5.78. The number of ether oxygens (including phenoxy) is 6. The minimum atomic E-state index is -0.766. The van der Waals surface area contributed by atoms with Gasteiger partial charge < -0.3 is 28.4 Å². The molecule has 0 unspecified atom stereocenters. The molecule has 0 aliphatic heterocycles. The first kappa shape index (κ1) is 34.4.